The van der Waals surface area contributed by atoms with Crippen LogP contribution < -0.4 is 10.5 Å². The molecule has 2 aliphatic heterocycles. The molecule has 0 aliphatic carbocycles. The summed E-state index contributed by atoms with van der Waals surface area (Å²) in [6.45, 7) is 7.93. The van der Waals surface area contributed by atoms with Gasteiger partial charge in [0, 0.05) is 51.3 Å². The minimum Gasteiger partial charge on any atom is -0.481 e. The van der Waals surface area contributed by atoms with Crippen LogP contribution in [-0.4, -0.2) is 75.4 Å². The fraction of sp³-hybridized carbons (Fsp3) is 0.621. The number of unbranched alkanes of at least 4 members (excludes halogenated alkanes) is 7. The Morgan fingerprint density at radius 2 is 1.65 bits per heavy atom. The molecule has 1 amide bonds. The number of hydrogen-bond acceptors (Lipinski definition) is 8. The first-order valence-corrected chi connectivity index (χ1v) is 15.5. The number of carbonyl (C=O) groups excluding carboxylic acids is 1. The smallest absolute Gasteiger partial charge is 0.303 e. The third-order valence-corrected chi connectivity index (χ3v) is 9.01. The predicted octanol–water partition coefficient (Wildman–Crippen LogP) is 4.60. The van der Waals surface area contributed by atoms with Gasteiger partial charge in [0.1, 0.15) is 21.8 Å². The molecule has 2 saturated heterocycles. The predicted molar refractivity (Wildman–Crippen MR) is 165 cm³/mol. The van der Waals surface area contributed by atoms with Crippen LogP contribution in [0.5, 0.6) is 0 Å². The first kappa shape index (κ1) is 31.8. The highest BCUT2D eigenvalue weighted by Crippen LogP contribution is 2.36. The molecule has 0 radical (unpaired) electrons. The number of carbonyl (C=O) groups is 2. The molecule has 40 heavy (non-hydrogen) atoms. The number of thiocarbonyl (C=S) groups is 1. The van der Waals surface area contributed by atoms with Crippen LogP contribution in [0, 0.1) is 18.3 Å². The van der Waals surface area contributed by atoms with Crippen molar-refractivity contribution in [2.45, 2.75) is 78.2 Å². The number of anilines is 1. The number of rotatable bonds is 14. The Hall–Kier alpha value is -2.68. The van der Waals surface area contributed by atoms with Crippen LogP contribution >= 0.6 is 24.0 Å². The first-order valence-electron chi connectivity index (χ1n) is 14.3. The maximum absolute atomic E-state index is 13.4. The molecule has 9 nitrogen and oxygen atoms in total. The lowest BCUT2D eigenvalue weighted by atomic mass is 10.0. The second-order valence-corrected chi connectivity index (χ2v) is 12.2. The SMILES string of the molecule is CCn1c(N2CCN(C)CC2)c(/C=C2\SC(=S)N(CCCCCCCCCCC(=O)O)C2=O)c(C)c(C#N)c1=O. The number of likely N-dealkylation sites (N-methyl/N-ethyl adjacent to an activating group) is 1. The second-order valence-electron chi connectivity index (χ2n) is 10.5. The minimum absolute atomic E-state index is 0.114. The van der Waals surface area contributed by atoms with E-state index in [9.17, 15) is 19.6 Å². The van der Waals surface area contributed by atoms with Crippen molar-refractivity contribution in [2.24, 2.45) is 0 Å². The van der Waals surface area contributed by atoms with Gasteiger partial charge in [-0.25, -0.2) is 0 Å². The molecule has 0 saturated carbocycles. The molecule has 11 heteroatoms. The van der Waals surface area contributed by atoms with E-state index >= 15 is 0 Å². The van der Waals surface area contributed by atoms with Crippen molar-refractivity contribution >= 4 is 52.1 Å². The fourth-order valence-corrected chi connectivity index (χ4v) is 6.52. The monoisotopic (exact) mass is 587 g/mol. The van der Waals surface area contributed by atoms with Gasteiger partial charge < -0.3 is 14.9 Å². The zero-order valence-corrected chi connectivity index (χ0v) is 25.5. The molecule has 1 N–H and O–H groups in total. The average molecular weight is 588 g/mol. The van der Waals surface area contributed by atoms with Gasteiger partial charge in [0.15, 0.2) is 0 Å². The van der Waals surface area contributed by atoms with Crippen LogP contribution in [0.2, 0.25) is 0 Å². The summed E-state index contributed by atoms with van der Waals surface area (Å²) in [6, 6.07) is 2.09. The van der Waals surface area contributed by atoms with Gasteiger partial charge in [0.25, 0.3) is 11.5 Å². The number of nitriles is 1. The van der Waals surface area contributed by atoms with Gasteiger partial charge in [-0.2, -0.15) is 5.26 Å². The van der Waals surface area contributed by atoms with Crippen LogP contribution in [0.15, 0.2) is 9.70 Å². The molecule has 0 aromatic carbocycles. The van der Waals surface area contributed by atoms with E-state index in [1.165, 1.54) is 11.8 Å². The van der Waals surface area contributed by atoms with E-state index in [1.807, 2.05) is 13.0 Å². The number of amides is 1. The lowest BCUT2D eigenvalue weighted by Crippen LogP contribution is -2.47. The fourth-order valence-electron chi connectivity index (χ4n) is 5.23. The summed E-state index contributed by atoms with van der Waals surface area (Å²) in [5.41, 5.74) is 1.16. The number of hydrogen-bond donors (Lipinski definition) is 1. The number of aliphatic carboxylic acids is 1. The number of piperazine rings is 1. The Kier molecular flexibility index (Phi) is 12.2. The second kappa shape index (κ2) is 15.4. The standard InChI is InChI=1S/C29H41N5O4S2/c1-4-33-26(32-17-15-31(3)16-18-32)22(21(2)23(20-30)27(33)37)19-24-28(38)34(29(39)40-24)14-12-10-8-6-5-7-9-11-13-25(35)36/h19H,4-18H2,1-3H3,(H,35,36)/b24-19-. The number of carboxylic acids is 1. The molecule has 218 valence electrons. The summed E-state index contributed by atoms with van der Waals surface area (Å²) >= 11 is 6.86. The van der Waals surface area contributed by atoms with Gasteiger partial charge in [-0.15, -0.1) is 0 Å². The first-order chi connectivity index (χ1) is 19.2. The molecule has 1 aromatic rings. The van der Waals surface area contributed by atoms with E-state index < -0.39 is 5.97 Å². The summed E-state index contributed by atoms with van der Waals surface area (Å²) < 4.78 is 2.20. The highest BCUT2D eigenvalue weighted by Gasteiger charge is 2.33. The van der Waals surface area contributed by atoms with Crippen molar-refractivity contribution in [3.8, 4) is 6.07 Å². The van der Waals surface area contributed by atoms with Crippen LogP contribution in [0.3, 0.4) is 0 Å². The van der Waals surface area contributed by atoms with Crippen molar-refractivity contribution in [1.29, 1.82) is 5.26 Å². The summed E-state index contributed by atoms with van der Waals surface area (Å²) in [5, 5.41) is 18.5. The van der Waals surface area contributed by atoms with E-state index in [-0.39, 0.29) is 23.5 Å². The Morgan fingerprint density at radius 1 is 1.05 bits per heavy atom. The van der Waals surface area contributed by atoms with E-state index in [1.54, 1.807) is 16.4 Å². The van der Waals surface area contributed by atoms with Gasteiger partial charge in [0.2, 0.25) is 0 Å². The van der Waals surface area contributed by atoms with Crippen molar-refractivity contribution < 1.29 is 14.7 Å². The molecule has 0 bridgehead atoms. The Morgan fingerprint density at radius 3 is 2.23 bits per heavy atom. The van der Waals surface area contributed by atoms with Crippen LogP contribution in [0.25, 0.3) is 6.08 Å². The molecule has 3 heterocycles. The van der Waals surface area contributed by atoms with Gasteiger partial charge in [-0.05, 0) is 45.4 Å². The third-order valence-electron chi connectivity index (χ3n) is 7.64. The van der Waals surface area contributed by atoms with E-state index in [2.05, 4.69) is 22.9 Å². The molecule has 1 aromatic heterocycles. The van der Waals surface area contributed by atoms with Crippen LogP contribution in [-0.2, 0) is 16.1 Å². The Labute approximate surface area is 246 Å². The number of nitrogens with zero attached hydrogens (tertiary/aromatic N) is 5. The number of aromatic nitrogens is 1. The quantitative estimate of drug-likeness (QED) is 0.190. The Bertz CT molecular complexity index is 1230. The minimum atomic E-state index is -0.729. The van der Waals surface area contributed by atoms with Crippen LogP contribution in [0.1, 0.15) is 81.4 Å². The zero-order valence-electron chi connectivity index (χ0n) is 23.9. The summed E-state index contributed by atoms with van der Waals surface area (Å²) in [7, 11) is 2.08. The lowest BCUT2D eigenvalue weighted by Gasteiger charge is -2.36. The van der Waals surface area contributed by atoms with Crippen molar-refractivity contribution in [2.75, 3.05) is 44.7 Å². The number of carboxylic acid groups (broad SMARTS) is 1. The van der Waals surface area contributed by atoms with E-state index in [4.69, 9.17) is 17.3 Å². The molecule has 0 unspecified atom stereocenters. The Balaban J connectivity index is 1.69. The maximum Gasteiger partial charge on any atom is 0.303 e. The van der Waals surface area contributed by atoms with Crippen molar-refractivity contribution in [1.82, 2.24) is 14.4 Å². The maximum atomic E-state index is 13.4. The summed E-state index contributed by atoms with van der Waals surface area (Å²) in [5.74, 6) is -0.0803. The van der Waals surface area contributed by atoms with Gasteiger partial charge in [-0.1, -0.05) is 62.5 Å². The van der Waals surface area contributed by atoms with Crippen molar-refractivity contribution in [3.63, 3.8) is 0 Å². The summed E-state index contributed by atoms with van der Waals surface area (Å²) in [6.07, 6.45) is 9.98. The third kappa shape index (κ3) is 7.95. The average Bonchev–Trinajstić information content (AvgIpc) is 3.19. The molecule has 0 spiro atoms. The molecule has 3 rings (SSSR count). The largest absolute Gasteiger partial charge is 0.481 e. The number of thioether (sulfide) groups is 1. The molecule has 2 fully saturated rings. The highest BCUT2D eigenvalue weighted by molar-refractivity contribution is 8.26. The number of pyridine rings is 1. The van der Waals surface area contributed by atoms with Gasteiger partial charge >= 0.3 is 5.97 Å². The summed E-state index contributed by atoms with van der Waals surface area (Å²) in [4.78, 5) is 43.8. The van der Waals surface area contributed by atoms with Crippen LogP contribution in [0.4, 0.5) is 5.82 Å². The lowest BCUT2D eigenvalue weighted by molar-refractivity contribution is -0.137. The zero-order chi connectivity index (χ0) is 29.2. The topological polar surface area (TPSA) is 110 Å². The highest BCUT2D eigenvalue weighted by atomic mass is 32.2. The molecular weight excluding hydrogens is 546 g/mol. The molecule has 0 atom stereocenters. The van der Waals surface area contributed by atoms with E-state index in [0.717, 1.165) is 88.9 Å². The van der Waals surface area contributed by atoms with E-state index in [0.29, 0.717) is 27.9 Å². The van der Waals surface area contributed by atoms with Gasteiger partial charge in [-0.3, -0.25) is 23.9 Å². The van der Waals surface area contributed by atoms with Crippen molar-refractivity contribution in [3.05, 3.63) is 31.9 Å². The van der Waals surface area contributed by atoms with Gasteiger partial charge in [0.05, 0.1) is 4.91 Å². The molecule has 2 aliphatic rings. The molecular formula is C29H41N5O4S2. The normalized spacial score (nSPS) is 17.2.